The number of aromatic nitrogens is 3. The molecule has 6 heteroatoms. The maximum absolute atomic E-state index is 6.22. The zero-order valence-electron chi connectivity index (χ0n) is 19.8. The molecule has 0 saturated heterocycles. The van der Waals surface area contributed by atoms with Gasteiger partial charge in [-0.25, -0.2) is 0 Å². The monoisotopic (exact) mass is 449 g/mol. The topological polar surface area (TPSA) is 79.6 Å². The molecule has 4 rings (SSSR count). The molecule has 4 N–H and O–H groups in total. The lowest BCUT2D eigenvalue weighted by Gasteiger charge is -2.25. The third kappa shape index (κ3) is 4.86. The van der Waals surface area contributed by atoms with Gasteiger partial charge in [0.05, 0.1) is 10.9 Å². The highest BCUT2D eigenvalue weighted by Crippen LogP contribution is 2.49. The first-order valence-electron chi connectivity index (χ1n) is 11.6. The van der Waals surface area contributed by atoms with Gasteiger partial charge in [-0.1, -0.05) is 31.2 Å². The lowest BCUT2D eigenvalue weighted by molar-refractivity contribution is 0.477. The van der Waals surface area contributed by atoms with Crippen LogP contribution in [0, 0.1) is 6.92 Å². The lowest BCUT2D eigenvalue weighted by atomic mass is 9.92. The lowest BCUT2D eigenvalue weighted by Crippen LogP contribution is -2.32. The molecule has 1 unspecified atom stereocenters. The highest BCUT2D eigenvalue weighted by atomic mass is 32.2. The largest absolute Gasteiger partial charge is 0.367 e. The van der Waals surface area contributed by atoms with Crippen LogP contribution in [0.2, 0.25) is 0 Å². The van der Waals surface area contributed by atoms with Crippen LogP contribution >= 0.6 is 11.8 Å². The maximum Gasteiger partial charge on any atom is 0.127 e. The number of fused-ring (bicyclic) bond motifs is 1. The SMILES string of the molecule is CCC1S[C@@H](c2ccc(CCC(C)(C)N)cc2C)c2c(-c3ccccn3)n[nH]c2N[C@H]1C. The number of anilines is 1. The standard InChI is InChI=1S/C26H35N5S/c1-6-21-17(3)29-25-22(23(30-31-25)20-9-7-8-14-28-20)24(32-21)19-11-10-18(15-16(19)2)12-13-26(4,5)27/h7-11,14-15,17,21,24H,6,12-13,27H2,1-5H3,(H2,29,30,31)/t17-,21?,24-/m0/s1. The Morgan fingerprint density at radius 1 is 1.19 bits per heavy atom. The van der Waals surface area contributed by atoms with Crippen LogP contribution in [0.4, 0.5) is 5.82 Å². The molecule has 0 radical (unpaired) electrons. The van der Waals surface area contributed by atoms with Gasteiger partial charge in [-0.3, -0.25) is 10.1 Å². The average Bonchev–Trinajstić information content (AvgIpc) is 3.11. The fraction of sp³-hybridized carbons (Fsp3) is 0.462. The molecule has 0 fully saturated rings. The summed E-state index contributed by atoms with van der Waals surface area (Å²) in [7, 11) is 0. The Bertz CT molecular complexity index is 1050. The maximum atomic E-state index is 6.22. The normalized spacial score (nSPS) is 21.0. The van der Waals surface area contributed by atoms with Gasteiger partial charge < -0.3 is 11.1 Å². The van der Waals surface area contributed by atoms with E-state index in [-0.39, 0.29) is 10.8 Å². The number of nitrogens with one attached hydrogen (secondary N) is 2. The van der Waals surface area contributed by atoms with Crippen molar-refractivity contribution in [3.8, 4) is 11.4 Å². The van der Waals surface area contributed by atoms with E-state index in [0.29, 0.717) is 11.3 Å². The van der Waals surface area contributed by atoms with E-state index in [4.69, 9.17) is 10.8 Å². The molecule has 1 aliphatic heterocycles. The average molecular weight is 450 g/mol. The molecule has 3 aromatic rings. The number of benzene rings is 1. The number of aromatic amines is 1. The molecule has 3 atom stereocenters. The van der Waals surface area contributed by atoms with Gasteiger partial charge in [0.2, 0.25) is 0 Å². The van der Waals surface area contributed by atoms with Crippen LogP contribution in [0.5, 0.6) is 0 Å². The van der Waals surface area contributed by atoms with Crippen LogP contribution in [-0.4, -0.2) is 32.0 Å². The first-order chi connectivity index (χ1) is 15.3. The van der Waals surface area contributed by atoms with Crippen LogP contribution in [0.1, 0.15) is 68.0 Å². The van der Waals surface area contributed by atoms with Crippen molar-refractivity contribution in [2.24, 2.45) is 5.73 Å². The van der Waals surface area contributed by atoms with Gasteiger partial charge in [-0.05, 0) is 75.8 Å². The van der Waals surface area contributed by atoms with E-state index in [0.717, 1.165) is 36.5 Å². The van der Waals surface area contributed by atoms with Crippen molar-refractivity contribution in [1.82, 2.24) is 15.2 Å². The number of thioether (sulfide) groups is 1. The quantitative estimate of drug-likeness (QED) is 0.439. The Morgan fingerprint density at radius 3 is 2.66 bits per heavy atom. The third-order valence-electron chi connectivity index (χ3n) is 6.29. The highest BCUT2D eigenvalue weighted by molar-refractivity contribution is 8.00. The third-order valence-corrected chi connectivity index (χ3v) is 8.14. The van der Waals surface area contributed by atoms with Crippen molar-refractivity contribution >= 4 is 17.6 Å². The molecular weight excluding hydrogens is 414 g/mol. The summed E-state index contributed by atoms with van der Waals surface area (Å²) >= 11 is 2.04. The van der Waals surface area contributed by atoms with Crippen molar-refractivity contribution in [1.29, 1.82) is 0 Å². The van der Waals surface area contributed by atoms with E-state index in [1.54, 1.807) is 0 Å². The van der Waals surface area contributed by atoms with Gasteiger partial charge in [-0.15, -0.1) is 11.8 Å². The second-order valence-electron chi connectivity index (χ2n) is 9.65. The molecule has 1 aromatic carbocycles. The van der Waals surface area contributed by atoms with Crippen molar-refractivity contribution in [2.75, 3.05) is 5.32 Å². The van der Waals surface area contributed by atoms with Crippen LogP contribution in [0.15, 0.2) is 42.6 Å². The molecule has 0 saturated carbocycles. The second kappa shape index (κ2) is 9.28. The molecule has 32 heavy (non-hydrogen) atoms. The first-order valence-corrected chi connectivity index (χ1v) is 12.5. The smallest absolute Gasteiger partial charge is 0.127 e. The summed E-state index contributed by atoms with van der Waals surface area (Å²) in [4.78, 5) is 4.60. The second-order valence-corrected chi connectivity index (χ2v) is 11.0. The summed E-state index contributed by atoms with van der Waals surface area (Å²) in [6, 6.07) is 13.3. The van der Waals surface area contributed by atoms with Crippen molar-refractivity contribution in [3.63, 3.8) is 0 Å². The van der Waals surface area contributed by atoms with E-state index < -0.39 is 0 Å². The van der Waals surface area contributed by atoms with Gasteiger partial charge >= 0.3 is 0 Å². The Balaban J connectivity index is 1.77. The number of pyridine rings is 1. The van der Waals surface area contributed by atoms with Crippen molar-refractivity contribution < 1.29 is 0 Å². The highest BCUT2D eigenvalue weighted by Gasteiger charge is 2.34. The summed E-state index contributed by atoms with van der Waals surface area (Å²) < 4.78 is 0. The molecule has 1 aliphatic rings. The van der Waals surface area contributed by atoms with Crippen molar-refractivity contribution in [3.05, 3.63) is 64.8 Å². The van der Waals surface area contributed by atoms with Gasteiger partial charge in [0.25, 0.3) is 0 Å². The zero-order chi connectivity index (χ0) is 22.9. The minimum atomic E-state index is -0.150. The molecule has 5 nitrogen and oxygen atoms in total. The predicted molar refractivity (Wildman–Crippen MR) is 136 cm³/mol. The van der Waals surface area contributed by atoms with Gasteiger partial charge in [0.15, 0.2) is 0 Å². The van der Waals surface area contributed by atoms with Crippen molar-refractivity contribution in [2.45, 2.75) is 76.0 Å². The molecule has 0 amide bonds. The Morgan fingerprint density at radius 2 is 2.00 bits per heavy atom. The van der Waals surface area contributed by atoms with Gasteiger partial charge in [0.1, 0.15) is 11.5 Å². The number of H-pyrrole nitrogens is 1. The number of nitrogens with zero attached hydrogens (tertiary/aromatic N) is 2. The van der Waals surface area contributed by atoms with Crippen LogP contribution in [0.3, 0.4) is 0 Å². The van der Waals surface area contributed by atoms with E-state index >= 15 is 0 Å². The van der Waals surface area contributed by atoms with Crippen LogP contribution in [0.25, 0.3) is 11.4 Å². The fourth-order valence-electron chi connectivity index (χ4n) is 4.43. The molecule has 2 aromatic heterocycles. The van der Waals surface area contributed by atoms with E-state index in [1.807, 2.05) is 36.2 Å². The summed E-state index contributed by atoms with van der Waals surface area (Å²) in [5.74, 6) is 1.01. The summed E-state index contributed by atoms with van der Waals surface area (Å²) in [5.41, 5.74) is 13.1. The number of nitrogens with two attached hydrogens (primary N) is 1. The molecule has 3 heterocycles. The minimum absolute atomic E-state index is 0.150. The predicted octanol–water partition coefficient (Wildman–Crippen LogP) is 5.87. The first kappa shape index (κ1) is 22.9. The fourth-order valence-corrected chi connectivity index (χ4v) is 6.05. The summed E-state index contributed by atoms with van der Waals surface area (Å²) in [6.07, 6.45) is 4.90. The van der Waals surface area contributed by atoms with E-state index in [9.17, 15) is 0 Å². The zero-order valence-corrected chi connectivity index (χ0v) is 20.6. The van der Waals surface area contributed by atoms with Gasteiger partial charge in [-0.2, -0.15) is 5.10 Å². The van der Waals surface area contributed by atoms with Crippen LogP contribution < -0.4 is 11.1 Å². The molecule has 0 aliphatic carbocycles. The number of aryl methyl sites for hydroxylation is 2. The molecular formula is C26H35N5S. The van der Waals surface area contributed by atoms with Crippen LogP contribution in [-0.2, 0) is 6.42 Å². The molecule has 0 spiro atoms. The van der Waals surface area contributed by atoms with E-state index in [2.05, 4.69) is 68.2 Å². The Kier molecular flexibility index (Phi) is 6.63. The van der Waals surface area contributed by atoms with E-state index in [1.165, 1.54) is 22.3 Å². The summed E-state index contributed by atoms with van der Waals surface area (Å²) in [5, 5.41) is 12.4. The number of hydrogen-bond donors (Lipinski definition) is 3. The van der Waals surface area contributed by atoms with Gasteiger partial charge in [0, 0.05) is 28.6 Å². The summed E-state index contributed by atoms with van der Waals surface area (Å²) in [6.45, 7) is 11.0. The minimum Gasteiger partial charge on any atom is -0.367 e. The Hall–Kier alpha value is -2.31. The molecule has 0 bridgehead atoms. The number of hydrogen-bond acceptors (Lipinski definition) is 5. The number of rotatable bonds is 6. The Labute approximate surface area is 196 Å². The molecule has 170 valence electrons.